The largest absolute Gasteiger partial charge is 0.497 e. The maximum atomic E-state index is 12.1. The second-order valence-corrected chi connectivity index (χ2v) is 6.91. The van der Waals surface area contributed by atoms with E-state index >= 15 is 0 Å². The van der Waals surface area contributed by atoms with Gasteiger partial charge in [0, 0.05) is 6.08 Å². The van der Waals surface area contributed by atoms with Crippen molar-refractivity contribution < 1.29 is 14.3 Å². The third kappa shape index (κ3) is 5.12. The minimum absolute atomic E-state index is 0.0479. The van der Waals surface area contributed by atoms with E-state index in [0.29, 0.717) is 17.8 Å². The van der Waals surface area contributed by atoms with E-state index in [9.17, 15) is 4.79 Å². The van der Waals surface area contributed by atoms with Crippen LogP contribution in [-0.4, -0.2) is 19.2 Å². The summed E-state index contributed by atoms with van der Waals surface area (Å²) in [6.45, 7) is 6.67. The van der Waals surface area contributed by atoms with Crippen molar-refractivity contribution in [1.29, 1.82) is 0 Å². The summed E-state index contributed by atoms with van der Waals surface area (Å²) < 4.78 is 10.9. The first-order chi connectivity index (χ1) is 11.0. The van der Waals surface area contributed by atoms with Crippen LogP contribution < -0.4 is 4.74 Å². The Kier molecular flexibility index (Phi) is 6.26. The molecule has 0 saturated heterocycles. The lowest BCUT2D eigenvalue weighted by Gasteiger charge is -2.36. The number of esters is 1. The first-order valence-electron chi connectivity index (χ1n) is 8.52. The molecule has 0 amide bonds. The Morgan fingerprint density at radius 3 is 2.52 bits per heavy atom. The van der Waals surface area contributed by atoms with Gasteiger partial charge in [0.15, 0.2) is 0 Å². The lowest BCUT2D eigenvalue weighted by Crippen LogP contribution is -2.35. The highest BCUT2D eigenvalue weighted by molar-refractivity contribution is 5.87. The van der Waals surface area contributed by atoms with Crippen molar-refractivity contribution >= 4 is 12.0 Å². The van der Waals surface area contributed by atoms with Gasteiger partial charge in [0.1, 0.15) is 11.9 Å². The number of methoxy groups -OCH3 is 1. The maximum Gasteiger partial charge on any atom is 0.331 e. The molecule has 0 unspecified atom stereocenters. The molecule has 1 aliphatic carbocycles. The molecule has 1 aromatic rings. The van der Waals surface area contributed by atoms with Gasteiger partial charge in [-0.25, -0.2) is 4.79 Å². The predicted molar refractivity (Wildman–Crippen MR) is 93.3 cm³/mol. The molecule has 126 valence electrons. The highest BCUT2D eigenvalue weighted by Gasteiger charge is 2.32. The summed E-state index contributed by atoms with van der Waals surface area (Å²) >= 11 is 0. The Morgan fingerprint density at radius 1 is 1.22 bits per heavy atom. The van der Waals surface area contributed by atoms with Crippen LogP contribution >= 0.6 is 0 Å². The van der Waals surface area contributed by atoms with Gasteiger partial charge in [-0.15, -0.1) is 0 Å². The van der Waals surface area contributed by atoms with E-state index in [0.717, 1.165) is 24.2 Å². The van der Waals surface area contributed by atoms with Gasteiger partial charge in [-0.2, -0.15) is 0 Å². The standard InChI is InChI=1S/C20H28O3/c1-14(2)18-11-5-15(3)13-19(18)23-20(21)12-8-16-6-9-17(22-4)10-7-16/h6-10,12,14-15,18-19H,5,11,13H2,1-4H3/b12-8+/t15-,18+,19-/m0/s1. The molecule has 0 bridgehead atoms. The van der Waals surface area contributed by atoms with E-state index in [1.807, 2.05) is 24.3 Å². The van der Waals surface area contributed by atoms with E-state index in [1.165, 1.54) is 12.5 Å². The third-order valence-electron chi connectivity index (χ3n) is 4.76. The fraction of sp³-hybridized carbons (Fsp3) is 0.550. The Labute approximate surface area is 139 Å². The summed E-state index contributed by atoms with van der Waals surface area (Å²) in [6.07, 6.45) is 6.73. The van der Waals surface area contributed by atoms with Crippen LogP contribution in [0.15, 0.2) is 30.3 Å². The Bertz CT molecular complexity index is 530. The van der Waals surface area contributed by atoms with Crippen LogP contribution in [0.3, 0.4) is 0 Å². The number of benzene rings is 1. The second-order valence-electron chi connectivity index (χ2n) is 6.91. The monoisotopic (exact) mass is 316 g/mol. The Morgan fingerprint density at radius 2 is 1.91 bits per heavy atom. The van der Waals surface area contributed by atoms with Crippen molar-refractivity contribution in [3.05, 3.63) is 35.9 Å². The lowest BCUT2D eigenvalue weighted by molar-refractivity contribution is -0.149. The van der Waals surface area contributed by atoms with Gasteiger partial charge in [-0.05, 0) is 54.4 Å². The van der Waals surface area contributed by atoms with Gasteiger partial charge < -0.3 is 9.47 Å². The Hall–Kier alpha value is -1.77. The number of ether oxygens (including phenoxy) is 2. The molecule has 3 atom stereocenters. The molecule has 0 N–H and O–H groups in total. The van der Waals surface area contributed by atoms with Crippen LogP contribution in [0.25, 0.3) is 6.08 Å². The summed E-state index contributed by atoms with van der Waals surface area (Å²) in [5, 5.41) is 0. The second kappa shape index (κ2) is 8.19. The van der Waals surface area contributed by atoms with Crippen LogP contribution in [0.5, 0.6) is 5.75 Å². The van der Waals surface area contributed by atoms with Crippen LogP contribution in [0, 0.1) is 17.8 Å². The molecular weight excluding hydrogens is 288 g/mol. The first kappa shape index (κ1) is 17.6. The molecule has 1 aromatic carbocycles. The van der Waals surface area contributed by atoms with Gasteiger partial charge in [0.05, 0.1) is 7.11 Å². The summed E-state index contributed by atoms with van der Waals surface area (Å²) in [5.41, 5.74) is 0.958. The number of hydrogen-bond donors (Lipinski definition) is 0. The number of carbonyl (C=O) groups is 1. The van der Waals surface area contributed by atoms with Crippen molar-refractivity contribution in [2.75, 3.05) is 7.11 Å². The molecule has 1 aliphatic rings. The van der Waals surface area contributed by atoms with E-state index in [2.05, 4.69) is 20.8 Å². The predicted octanol–water partition coefficient (Wildman–Crippen LogP) is 4.71. The van der Waals surface area contributed by atoms with Gasteiger partial charge in [-0.3, -0.25) is 0 Å². The van der Waals surface area contributed by atoms with Crippen molar-refractivity contribution in [3.8, 4) is 5.75 Å². The van der Waals surface area contributed by atoms with Gasteiger partial charge in [0.25, 0.3) is 0 Å². The van der Waals surface area contributed by atoms with Crippen LogP contribution in [0.4, 0.5) is 0 Å². The van der Waals surface area contributed by atoms with Crippen molar-refractivity contribution in [2.45, 2.75) is 46.1 Å². The quantitative estimate of drug-likeness (QED) is 0.583. The summed E-state index contributed by atoms with van der Waals surface area (Å²) in [6, 6.07) is 7.59. The van der Waals surface area contributed by atoms with E-state index in [1.54, 1.807) is 13.2 Å². The number of carbonyl (C=O) groups excluding carboxylic acids is 1. The highest BCUT2D eigenvalue weighted by atomic mass is 16.5. The zero-order valence-corrected chi connectivity index (χ0v) is 14.6. The molecule has 0 aliphatic heterocycles. The highest BCUT2D eigenvalue weighted by Crippen LogP contribution is 2.35. The van der Waals surface area contributed by atoms with Crippen LogP contribution in [-0.2, 0) is 9.53 Å². The molecule has 0 radical (unpaired) electrons. The van der Waals surface area contributed by atoms with Crippen molar-refractivity contribution in [3.63, 3.8) is 0 Å². The fourth-order valence-electron chi connectivity index (χ4n) is 3.32. The van der Waals surface area contributed by atoms with Crippen molar-refractivity contribution in [1.82, 2.24) is 0 Å². The summed E-state index contributed by atoms with van der Waals surface area (Å²) in [4.78, 5) is 12.1. The summed E-state index contributed by atoms with van der Waals surface area (Å²) in [5.74, 6) is 2.22. The minimum atomic E-state index is -0.245. The molecule has 3 heteroatoms. The van der Waals surface area contributed by atoms with Crippen LogP contribution in [0.2, 0.25) is 0 Å². The Balaban J connectivity index is 1.95. The van der Waals surface area contributed by atoms with Gasteiger partial charge in [0.2, 0.25) is 0 Å². The van der Waals surface area contributed by atoms with Gasteiger partial charge in [-0.1, -0.05) is 39.3 Å². The van der Waals surface area contributed by atoms with E-state index in [4.69, 9.17) is 9.47 Å². The van der Waals surface area contributed by atoms with E-state index in [-0.39, 0.29) is 12.1 Å². The first-order valence-corrected chi connectivity index (χ1v) is 8.52. The molecule has 1 saturated carbocycles. The normalized spacial score (nSPS) is 24.8. The average Bonchev–Trinajstić information content (AvgIpc) is 2.53. The molecule has 23 heavy (non-hydrogen) atoms. The number of hydrogen-bond acceptors (Lipinski definition) is 3. The van der Waals surface area contributed by atoms with E-state index < -0.39 is 0 Å². The third-order valence-corrected chi connectivity index (χ3v) is 4.76. The average molecular weight is 316 g/mol. The zero-order chi connectivity index (χ0) is 16.8. The summed E-state index contributed by atoms with van der Waals surface area (Å²) in [7, 11) is 1.64. The minimum Gasteiger partial charge on any atom is -0.497 e. The molecule has 2 rings (SSSR count). The smallest absolute Gasteiger partial charge is 0.331 e. The molecule has 0 spiro atoms. The van der Waals surface area contributed by atoms with Gasteiger partial charge >= 0.3 is 5.97 Å². The molecule has 3 nitrogen and oxygen atoms in total. The zero-order valence-electron chi connectivity index (χ0n) is 14.6. The molecular formula is C20H28O3. The SMILES string of the molecule is COc1ccc(/C=C/C(=O)O[C@H]2C[C@@H](C)CC[C@@H]2C(C)C)cc1. The van der Waals surface area contributed by atoms with Crippen molar-refractivity contribution in [2.24, 2.45) is 17.8 Å². The fourth-order valence-corrected chi connectivity index (χ4v) is 3.32. The molecule has 0 aromatic heterocycles. The van der Waals surface area contributed by atoms with Crippen LogP contribution in [0.1, 0.15) is 45.6 Å². The molecule has 0 heterocycles. The number of rotatable bonds is 5. The maximum absolute atomic E-state index is 12.1. The lowest BCUT2D eigenvalue weighted by atomic mass is 9.75. The topological polar surface area (TPSA) is 35.5 Å². The molecule has 1 fully saturated rings.